The van der Waals surface area contributed by atoms with Crippen LogP contribution in [-0.2, 0) is 19.6 Å². The van der Waals surface area contributed by atoms with Gasteiger partial charge in [0.05, 0.1) is 5.02 Å². The Morgan fingerprint density at radius 3 is 2.19 bits per heavy atom. The number of amides is 1. The molecule has 26 heavy (non-hydrogen) atoms. The number of halogens is 2. The van der Waals surface area contributed by atoms with Crippen LogP contribution < -0.4 is 10.0 Å². The van der Waals surface area contributed by atoms with Crippen molar-refractivity contribution in [1.29, 1.82) is 0 Å². The van der Waals surface area contributed by atoms with Gasteiger partial charge in [0.2, 0.25) is 5.91 Å². The average molecular weight is 415 g/mol. The van der Waals surface area contributed by atoms with Crippen molar-refractivity contribution < 1.29 is 23.1 Å². The molecule has 0 saturated carbocycles. The molecule has 0 atom stereocenters. The highest BCUT2D eigenvalue weighted by molar-refractivity contribution is 7.92. The summed E-state index contributed by atoms with van der Waals surface area (Å²) >= 11 is 11.7. The van der Waals surface area contributed by atoms with Crippen LogP contribution in [-0.4, -0.2) is 25.4 Å². The molecule has 7 nitrogen and oxygen atoms in total. The summed E-state index contributed by atoms with van der Waals surface area (Å²) in [4.78, 5) is 21.8. The zero-order chi connectivity index (χ0) is 19.3. The molecule has 3 N–H and O–H groups in total. The Balaban J connectivity index is 2.26. The first-order valence-electron chi connectivity index (χ1n) is 6.97. The molecular formula is C16H12Cl2N2O5S. The summed E-state index contributed by atoms with van der Waals surface area (Å²) in [5.74, 6) is -2.02. The van der Waals surface area contributed by atoms with Crippen LogP contribution in [0.15, 0.2) is 59.5 Å². The van der Waals surface area contributed by atoms with E-state index in [9.17, 15) is 18.0 Å². The molecule has 2 aromatic rings. The van der Waals surface area contributed by atoms with Gasteiger partial charge in [0.1, 0.15) is 4.90 Å². The van der Waals surface area contributed by atoms with E-state index in [4.69, 9.17) is 28.3 Å². The molecule has 0 aliphatic rings. The highest BCUT2D eigenvalue weighted by atomic mass is 35.5. The predicted molar refractivity (Wildman–Crippen MR) is 99.1 cm³/mol. The molecule has 0 unspecified atom stereocenters. The third-order valence-electron chi connectivity index (χ3n) is 2.96. The van der Waals surface area contributed by atoms with Gasteiger partial charge in [-0.15, -0.1) is 0 Å². The topological polar surface area (TPSA) is 113 Å². The van der Waals surface area contributed by atoms with Gasteiger partial charge in [0, 0.05) is 28.5 Å². The molecule has 0 aromatic heterocycles. The molecule has 136 valence electrons. The lowest BCUT2D eigenvalue weighted by Crippen LogP contribution is -2.15. The van der Waals surface area contributed by atoms with Gasteiger partial charge in [0.25, 0.3) is 10.0 Å². The monoisotopic (exact) mass is 414 g/mol. The zero-order valence-corrected chi connectivity index (χ0v) is 15.3. The van der Waals surface area contributed by atoms with E-state index in [1.165, 1.54) is 36.4 Å². The number of aliphatic carboxylic acids is 1. The summed E-state index contributed by atoms with van der Waals surface area (Å²) in [6.45, 7) is 0. The number of hydrogen-bond acceptors (Lipinski definition) is 4. The molecule has 1 amide bonds. The number of carbonyl (C=O) groups excluding carboxylic acids is 1. The van der Waals surface area contributed by atoms with E-state index in [0.29, 0.717) is 11.1 Å². The number of hydrogen-bond donors (Lipinski definition) is 3. The minimum Gasteiger partial charge on any atom is -0.478 e. The SMILES string of the molecule is O=C(O)/C=C/C(=O)Nc1ccc(Cl)c(S(=O)(=O)Nc2ccc(Cl)cc2)c1. The van der Waals surface area contributed by atoms with Crippen molar-refractivity contribution in [1.82, 2.24) is 0 Å². The molecule has 2 aromatic carbocycles. The lowest BCUT2D eigenvalue weighted by molar-refractivity contribution is -0.131. The van der Waals surface area contributed by atoms with Crippen molar-refractivity contribution >= 4 is 56.5 Å². The summed E-state index contributed by atoms with van der Waals surface area (Å²) < 4.78 is 27.4. The molecule has 0 aliphatic heterocycles. The van der Waals surface area contributed by atoms with Crippen molar-refractivity contribution in [3.05, 3.63) is 64.7 Å². The second kappa shape index (κ2) is 8.22. The van der Waals surface area contributed by atoms with E-state index >= 15 is 0 Å². The fraction of sp³-hybridized carbons (Fsp3) is 0. The van der Waals surface area contributed by atoms with Crippen LogP contribution >= 0.6 is 23.2 Å². The highest BCUT2D eigenvalue weighted by Crippen LogP contribution is 2.27. The first-order valence-corrected chi connectivity index (χ1v) is 9.21. The van der Waals surface area contributed by atoms with Gasteiger partial charge in [-0.3, -0.25) is 9.52 Å². The Kier molecular flexibility index (Phi) is 6.25. The second-order valence-corrected chi connectivity index (χ2v) is 7.41. The number of carboxylic acid groups (broad SMARTS) is 1. The summed E-state index contributed by atoms with van der Waals surface area (Å²) in [5, 5.41) is 11.2. The molecular weight excluding hydrogens is 403 g/mol. The van der Waals surface area contributed by atoms with Gasteiger partial charge in [-0.2, -0.15) is 0 Å². The lowest BCUT2D eigenvalue weighted by atomic mass is 10.3. The lowest BCUT2D eigenvalue weighted by Gasteiger charge is -2.11. The Hall–Kier alpha value is -2.55. The minimum atomic E-state index is -4.03. The molecule has 0 heterocycles. The maximum atomic E-state index is 12.5. The summed E-state index contributed by atoms with van der Waals surface area (Å²) in [7, 11) is -4.03. The molecule has 0 aliphatic carbocycles. The van der Waals surface area contributed by atoms with E-state index in [-0.39, 0.29) is 21.3 Å². The standard InChI is InChI=1S/C16H12Cl2N2O5S/c17-10-1-3-11(4-2-10)20-26(24,25)14-9-12(5-6-13(14)18)19-15(21)7-8-16(22)23/h1-9,20H,(H,19,21)(H,22,23)/b8-7+. The maximum Gasteiger partial charge on any atom is 0.328 e. The van der Waals surface area contributed by atoms with Gasteiger partial charge < -0.3 is 10.4 Å². The van der Waals surface area contributed by atoms with Crippen LogP contribution in [0.3, 0.4) is 0 Å². The van der Waals surface area contributed by atoms with Crippen molar-refractivity contribution in [2.45, 2.75) is 4.90 Å². The van der Waals surface area contributed by atoms with E-state index in [1.807, 2.05) is 0 Å². The van der Waals surface area contributed by atoms with Crippen LogP contribution in [0.5, 0.6) is 0 Å². The van der Waals surface area contributed by atoms with E-state index < -0.39 is 21.9 Å². The third-order valence-corrected chi connectivity index (χ3v) is 5.08. The van der Waals surface area contributed by atoms with Crippen LogP contribution in [0, 0.1) is 0 Å². The zero-order valence-electron chi connectivity index (χ0n) is 12.9. The Morgan fingerprint density at radius 2 is 1.58 bits per heavy atom. The van der Waals surface area contributed by atoms with Gasteiger partial charge in [0.15, 0.2) is 0 Å². The quantitative estimate of drug-likeness (QED) is 0.627. The number of nitrogens with one attached hydrogen (secondary N) is 2. The van der Waals surface area contributed by atoms with E-state index in [0.717, 1.165) is 12.1 Å². The molecule has 0 bridgehead atoms. The average Bonchev–Trinajstić information content (AvgIpc) is 2.56. The van der Waals surface area contributed by atoms with Gasteiger partial charge in [-0.05, 0) is 42.5 Å². The number of carbonyl (C=O) groups is 2. The van der Waals surface area contributed by atoms with Crippen molar-refractivity contribution in [2.24, 2.45) is 0 Å². The van der Waals surface area contributed by atoms with Gasteiger partial charge >= 0.3 is 5.97 Å². The largest absolute Gasteiger partial charge is 0.478 e. The number of anilines is 2. The van der Waals surface area contributed by atoms with Gasteiger partial charge in [-0.25, -0.2) is 13.2 Å². The first kappa shape index (κ1) is 19.8. The van der Waals surface area contributed by atoms with E-state index in [1.54, 1.807) is 0 Å². The molecule has 0 saturated heterocycles. The van der Waals surface area contributed by atoms with Gasteiger partial charge in [-0.1, -0.05) is 23.2 Å². The molecule has 0 spiro atoms. The number of sulfonamides is 1. The van der Waals surface area contributed by atoms with Crippen LogP contribution in [0.2, 0.25) is 10.0 Å². The Morgan fingerprint density at radius 1 is 0.962 bits per heavy atom. The Labute approximate surface area is 159 Å². The summed E-state index contributed by atoms with van der Waals surface area (Å²) in [5.41, 5.74) is 0.412. The fourth-order valence-corrected chi connectivity index (χ4v) is 3.56. The van der Waals surface area contributed by atoms with E-state index in [2.05, 4.69) is 10.0 Å². The van der Waals surface area contributed by atoms with Crippen LogP contribution in [0.1, 0.15) is 0 Å². The summed E-state index contributed by atoms with van der Waals surface area (Å²) in [6.07, 6.45) is 1.46. The Bertz CT molecular complexity index is 973. The predicted octanol–water partition coefficient (Wildman–Crippen LogP) is 3.37. The van der Waals surface area contributed by atoms with Crippen molar-refractivity contribution in [3.8, 4) is 0 Å². The number of carboxylic acids is 1. The minimum absolute atomic E-state index is 0.0504. The number of rotatable bonds is 6. The second-order valence-electron chi connectivity index (χ2n) is 4.92. The normalized spacial score (nSPS) is 11.3. The maximum absolute atomic E-state index is 12.5. The molecule has 10 heteroatoms. The first-order chi connectivity index (χ1) is 12.2. The van der Waals surface area contributed by atoms with Crippen molar-refractivity contribution in [3.63, 3.8) is 0 Å². The number of benzene rings is 2. The third kappa shape index (κ3) is 5.48. The highest BCUT2D eigenvalue weighted by Gasteiger charge is 2.19. The molecule has 0 fully saturated rings. The van der Waals surface area contributed by atoms with Crippen LogP contribution in [0.4, 0.5) is 11.4 Å². The molecule has 0 radical (unpaired) electrons. The van der Waals surface area contributed by atoms with Crippen molar-refractivity contribution in [2.75, 3.05) is 10.0 Å². The summed E-state index contributed by atoms with van der Waals surface area (Å²) in [6, 6.07) is 9.85. The molecule has 2 rings (SSSR count). The smallest absolute Gasteiger partial charge is 0.328 e. The van der Waals surface area contributed by atoms with Crippen LogP contribution in [0.25, 0.3) is 0 Å². The fourth-order valence-electron chi connectivity index (χ4n) is 1.85.